The second-order valence-corrected chi connectivity index (χ2v) is 36.4. The largest absolute Gasteiger partial charge is 0.269 e. The summed E-state index contributed by atoms with van der Waals surface area (Å²) in [6.07, 6.45) is 42.3. The SMILES string of the molecule is CCc1cncc(C)c1C.Cc1ccc(Cc2cncc(C)c2C)cc1.Cc1ccc(Cc2cncc(C)c2C)cc1.Cc1ccc(Cc2cncc(C)c2C)cc1.Cc1ccc(Cc2cncc(C)c2C)cc1.Cc1ccc(Cc2cncc(C)c2C)cc1.Cc1cncc(C)c1C.Cc1cncc(Cc2cccc([N+](=O)[O-])c2)c1C.Cc1cncc(Cc2cccc3ccccc23)c1C. The highest BCUT2D eigenvalue weighted by molar-refractivity contribution is 5.86. The van der Waals surface area contributed by atoms with Crippen molar-refractivity contribution in [2.24, 2.45) is 0 Å². The van der Waals surface area contributed by atoms with Gasteiger partial charge in [0.1, 0.15) is 0 Å². The Morgan fingerprint density at radius 3 is 0.669 bits per heavy atom. The van der Waals surface area contributed by atoms with Crippen LogP contribution in [-0.4, -0.2) is 49.8 Å². The van der Waals surface area contributed by atoms with E-state index in [0.29, 0.717) is 6.42 Å². The van der Waals surface area contributed by atoms with Crippen molar-refractivity contribution in [1.29, 1.82) is 0 Å². The van der Waals surface area contributed by atoms with Gasteiger partial charge in [-0.15, -0.1) is 0 Å². The summed E-state index contributed by atoms with van der Waals surface area (Å²) >= 11 is 0. The van der Waals surface area contributed by atoms with Crippen molar-refractivity contribution in [2.75, 3.05) is 0 Å². The fourth-order valence-corrected chi connectivity index (χ4v) is 15.1. The summed E-state index contributed by atoms with van der Waals surface area (Å²) in [5.74, 6) is 0. The van der Waals surface area contributed by atoms with Crippen LogP contribution in [0.1, 0.15) is 224 Å². The lowest BCUT2D eigenvalue weighted by Gasteiger charge is -2.10. The Hall–Kier alpha value is -14.2. The molecule has 0 aliphatic carbocycles. The lowest BCUT2D eigenvalue weighted by Crippen LogP contribution is -1.96. The van der Waals surface area contributed by atoms with Crippen molar-refractivity contribution in [1.82, 2.24) is 44.9 Å². The Labute approximate surface area is 812 Å². The topological polar surface area (TPSA) is 159 Å². The van der Waals surface area contributed by atoms with Crippen molar-refractivity contribution >= 4 is 16.5 Å². The van der Waals surface area contributed by atoms with Gasteiger partial charge in [-0.25, -0.2) is 0 Å². The molecule has 0 unspecified atom stereocenters. The van der Waals surface area contributed by atoms with Gasteiger partial charge in [0.25, 0.3) is 5.69 Å². The molecular weight excluding hydrogens is 1660 g/mol. The molecule has 0 saturated carbocycles. The summed E-state index contributed by atoms with van der Waals surface area (Å²) in [5, 5.41) is 13.4. The molecule has 136 heavy (non-hydrogen) atoms. The number of aromatic nitrogens is 9. The van der Waals surface area contributed by atoms with E-state index in [1.807, 2.05) is 131 Å². The minimum absolute atomic E-state index is 0.130. The number of benzene rings is 8. The molecule has 17 rings (SSSR count). The average Bonchev–Trinajstić information content (AvgIpc) is 0.807. The van der Waals surface area contributed by atoms with Crippen LogP contribution in [0.15, 0.2) is 300 Å². The molecule has 9 heterocycles. The molecule has 9 aromatic heterocycles. The van der Waals surface area contributed by atoms with Crippen molar-refractivity contribution < 1.29 is 4.92 Å². The first-order chi connectivity index (χ1) is 65.1. The van der Waals surface area contributed by atoms with Gasteiger partial charge < -0.3 is 0 Å². The minimum Gasteiger partial charge on any atom is -0.264 e. The maximum Gasteiger partial charge on any atom is 0.269 e. The Bertz CT molecular complexity index is 6140. The van der Waals surface area contributed by atoms with E-state index in [0.717, 1.165) is 61.6 Å². The van der Waals surface area contributed by atoms with E-state index >= 15 is 0 Å². The van der Waals surface area contributed by atoms with Gasteiger partial charge in [-0.05, 0) is 417 Å². The number of aryl methyl sites for hydroxylation is 16. The summed E-state index contributed by atoms with van der Waals surface area (Å²) in [6.45, 7) is 53.0. The number of nitro groups is 1. The molecule has 0 bridgehead atoms. The number of hydrogen-bond donors (Lipinski definition) is 0. The van der Waals surface area contributed by atoms with Crippen LogP contribution in [0.4, 0.5) is 5.69 Å². The summed E-state index contributed by atoms with van der Waals surface area (Å²) in [4.78, 5) is 48.3. The van der Waals surface area contributed by atoms with Crippen LogP contribution in [0.2, 0.25) is 0 Å². The molecule has 12 nitrogen and oxygen atoms in total. The Morgan fingerprint density at radius 2 is 0.419 bits per heavy atom. The molecule has 0 spiro atoms. The van der Waals surface area contributed by atoms with Crippen LogP contribution in [0.5, 0.6) is 0 Å². The van der Waals surface area contributed by atoms with E-state index in [-0.39, 0.29) is 10.6 Å². The summed E-state index contributed by atoms with van der Waals surface area (Å²) in [5.41, 5.74) is 50.8. The normalized spacial score (nSPS) is 10.4. The van der Waals surface area contributed by atoms with Gasteiger partial charge in [-0.2, -0.15) is 0 Å². The maximum atomic E-state index is 10.7. The van der Waals surface area contributed by atoms with E-state index < -0.39 is 0 Å². The van der Waals surface area contributed by atoms with Crippen LogP contribution >= 0.6 is 0 Å². The zero-order valence-corrected chi connectivity index (χ0v) is 85.2. The third kappa shape index (κ3) is 32.9. The first-order valence-electron chi connectivity index (χ1n) is 47.2. The molecule has 698 valence electrons. The van der Waals surface area contributed by atoms with Crippen molar-refractivity contribution in [3.63, 3.8) is 0 Å². The molecule has 0 atom stereocenters. The van der Waals surface area contributed by atoms with E-state index in [1.165, 1.54) is 217 Å². The monoisotopic (exact) mass is 1800 g/mol. The van der Waals surface area contributed by atoms with Gasteiger partial charge in [-0.1, -0.05) is 211 Å². The average molecular weight is 1800 g/mol. The number of pyridine rings is 9. The van der Waals surface area contributed by atoms with Gasteiger partial charge in [0.05, 0.1) is 4.92 Å². The van der Waals surface area contributed by atoms with Crippen LogP contribution in [0, 0.1) is 176 Å². The van der Waals surface area contributed by atoms with Gasteiger partial charge in [0.2, 0.25) is 0 Å². The van der Waals surface area contributed by atoms with Gasteiger partial charge >= 0.3 is 0 Å². The first kappa shape index (κ1) is 105. The zero-order chi connectivity index (χ0) is 98.5. The highest BCUT2D eigenvalue weighted by Gasteiger charge is 2.13. The number of nitrogens with zero attached hydrogens (tertiary/aromatic N) is 10. The van der Waals surface area contributed by atoms with Gasteiger partial charge in [0.15, 0.2) is 0 Å². The number of non-ortho nitro benzene ring substituents is 1. The van der Waals surface area contributed by atoms with Crippen molar-refractivity contribution in [2.45, 2.75) is 224 Å². The van der Waals surface area contributed by atoms with Crippen LogP contribution < -0.4 is 0 Å². The molecule has 12 heteroatoms. The lowest BCUT2D eigenvalue weighted by molar-refractivity contribution is -0.384. The van der Waals surface area contributed by atoms with Crippen LogP contribution in [-0.2, 0) is 51.4 Å². The number of fused-ring (bicyclic) bond motifs is 1. The Kier molecular flexibility index (Phi) is 41.1. The van der Waals surface area contributed by atoms with Crippen molar-refractivity contribution in [3.05, 3.63) is 527 Å². The molecule has 0 aliphatic rings. The highest BCUT2D eigenvalue weighted by Crippen LogP contribution is 2.27. The molecule has 0 radical (unpaired) electrons. The second-order valence-electron chi connectivity index (χ2n) is 36.4. The van der Waals surface area contributed by atoms with Crippen molar-refractivity contribution in [3.8, 4) is 0 Å². The quantitative estimate of drug-likeness (QED) is 0.0669. The second kappa shape index (κ2) is 53.0. The standard InChI is InChI=1S/C18H17N.5C15H17N.C14H14N2O2.C9H13N.C8H11N/c1-13-11-19-12-17(14(13)2)10-16-8-5-7-15-6-3-4-9-18(15)16;5*1-11-4-6-14(7-5-11)8-15-10-16-9-12(2)13(15)3;1-10-8-15-9-13(11(10)2)6-12-4-3-5-14(7-12)16(17)18;1-4-9-6-10-5-7(2)8(9)3;1-6-4-9-5-7(2)8(6)3/h3-9,11-12H,10H2,1-2H3;5*4-7,9-10H,8H2,1-3H3;3-5,7-9H,6H2,1-2H3;5-6H,4H2,1-3H3;4-5H,1-3H3. The third-order valence-corrected chi connectivity index (χ3v) is 26.0. The molecule has 0 amide bonds. The van der Waals surface area contributed by atoms with E-state index in [4.69, 9.17) is 0 Å². The number of rotatable bonds is 16. The van der Waals surface area contributed by atoms with Gasteiger partial charge in [-0.3, -0.25) is 55.0 Å². The van der Waals surface area contributed by atoms with E-state index in [9.17, 15) is 10.1 Å². The lowest BCUT2D eigenvalue weighted by atomic mass is 9.96. The molecular formula is C124H140N10O2. The summed E-state index contributed by atoms with van der Waals surface area (Å²) < 4.78 is 0. The summed E-state index contributed by atoms with van der Waals surface area (Å²) in [6, 6.07) is 65.3. The third-order valence-electron chi connectivity index (χ3n) is 26.0. The fraction of sp³-hybridized carbons (Fsp3) is 0.266. The molecule has 0 aliphatic heterocycles. The minimum atomic E-state index is -0.370. The van der Waals surface area contributed by atoms with E-state index in [1.54, 1.807) is 12.1 Å². The Morgan fingerprint density at radius 1 is 0.206 bits per heavy atom. The van der Waals surface area contributed by atoms with Crippen LogP contribution in [0.3, 0.4) is 0 Å². The number of nitro benzene ring substituents is 1. The molecule has 8 aromatic carbocycles. The Balaban J connectivity index is 0.000000173. The maximum absolute atomic E-state index is 10.7. The fourth-order valence-electron chi connectivity index (χ4n) is 15.1. The molecule has 0 fully saturated rings. The smallest absolute Gasteiger partial charge is 0.264 e. The molecule has 0 saturated heterocycles. The molecule has 0 N–H and O–H groups in total. The molecule has 17 aromatic rings. The zero-order valence-electron chi connectivity index (χ0n) is 85.2. The van der Waals surface area contributed by atoms with E-state index in [2.05, 4.69) is 368 Å². The summed E-state index contributed by atoms with van der Waals surface area (Å²) in [7, 11) is 0. The number of hydrogen-bond acceptors (Lipinski definition) is 11. The highest BCUT2D eigenvalue weighted by atomic mass is 16.6. The van der Waals surface area contributed by atoms with Gasteiger partial charge in [0, 0.05) is 124 Å². The predicted octanol–water partition coefficient (Wildman–Crippen LogP) is 29.9. The predicted molar refractivity (Wildman–Crippen MR) is 570 cm³/mol. The van der Waals surface area contributed by atoms with Crippen LogP contribution in [0.25, 0.3) is 10.8 Å². The first-order valence-corrected chi connectivity index (χ1v) is 47.2.